The Morgan fingerprint density at radius 1 is 1.35 bits per heavy atom. The van der Waals surface area contributed by atoms with E-state index < -0.39 is 5.60 Å². The van der Waals surface area contributed by atoms with Gasteiger partial charge in [-0.2, -0.15) is 0 Å². The largest absolute Gasteiger partial charge is 0.444 e. The Labute approximate surface area is 160 Å². The van der Waals surface area contributed by atoms with Crippen molar-refractivity contribution in [3.63, 3.8) is 0 Å². The van der Waals surface area contributed by atoms with Crippen molar-refractivity contribution in [3.05, 3.63) is 21.9 Å². The van der Waals surface area contributed by atoms with Crippen LogP contribution in [-0.4, -0.2) is 35.3 Å². The zero-order chi connectivity index (χ0) is 18.5. The Hall–Kier alpha value is -1.07. The number of amides is 1. The van der Waals surface area contributed by atoms with Gasteiger partial charge in [0.1, 0.15) is 11.2 Å². The first kappa shape index (κ1) is 18.3. The normalized spacial score (nSPS) is 34.3. The molecule has 0 N–H and O–H groups in total. The summed E-state index contributed by atoms with van der Waals surface area (Å²) in [6.07, 6.45) is 6.90. The quantitative estimate of drug-likeness (QED) is 0.606. The molecule has 3 heterocycles. The number of fused-ring (bicyclic) bond motifs is 4. The fraction of sp³-hybridized carbons (Fsp3) is 0.762. The van der Waals surface area contributed by atoms with Crippen LogP contribution in [-0.2, 0) is 15.1 Å². The topological polar surface area (TPSA) is 38.8 Å². The fourth-order valence-corrected chi connectivity index (χ4v) is 6.19. The molecule has 0 aromatic carbocycles. The van der Waals surface area contributed by atoms with E-state index in [9.17, 15) is 4.79 Å². The third-order valence-electron chi connectivity index (χ3n) is 6.13. The standard InChI is InChI=1S/C21H31NO3S/c1-14-13-21(10-11-22(14)19(23)25-20(2,3)4)18-16(9-12-26-18)15-7-5-6-8-17(15)24-21/h9,12,14-15,17H,5-8,10-11,13H2,1-4H3/t14-,15?,17?,21?/m0/s1. The Balaban J connectivity index is 1.56. The number of hydrogen-bond acceptors (Lipinski definition) is 4. The second kappa shape index (κ2) is 6.52. The molecule has 2 fully saturated rings. The molecule has 4 nitrogen and oxygen atoms in total. The van der Waals surface area contributed by atoms with E-state index in [1.807, 2.05) is 37.0 Å². The summed E-state index contributed by atoms with van der Waals surface area (Å²) in [6.45, 7) is 8.60. The van der Waals surface area contributed by atoms with Gasteiger partial charge in [-0.25, -0.2) is 4.79 Å². The second-order valence-corrected chi connectivity index (χ2v) is 10.1. The smallest absolute Gasteiger partial charge is 0.410 e. The minimum absolute atomic E-state index is 0.119. The molecular weight excluding hydrogens is 346 g/mol. The number of rotatable bonds is 0. The molecule has 1 saturated carbocycles. The molecule has 1 aliphatic carbocycles. The maximum atomic E-state index is 12.6. The van der Waals surface area contributed by atoms with Crippen molar-refractivity contribution in [3.8, 4) is 0 Å². The molecule has 3 unspecified atom stereocenters. The third kappa shape index (κ3) is 3.18. The van der Waals surface area contributed by atoms with Gasteiger partial charge in [0.05, 0.1) is 6.10 Å². The van der Waals surface area contributed by atoms with Gasteiger partial charge in [0, 0.05) is 29.8 Å². The zero-order valence-electron chi connectivity index (χ0n) is 16.4. The summed E-state index contributed by atoms with van der Waals surface area (Å²) in [5, 5.41) is 2.23. The highest BCUT2D eigenvalue weighted by molar-refractivity contribution is 7.10. The van der Waals surface area contributed by atoms with Gasteiger partial charge in [-0.1, -0.05) is 12.8 Å². The van der Waals surface area contributed by atoms with Crippen LogP contribution in [0.25, 0.3) is 0 Å². The van der Waals surface area contributed by atoms with E-state index in [2.05, 4.69) is 18.4 Å². The summed E-state index contributed by atoms with van der Waals surface area (Å²) in [5.74, 6) is 0.579. The minimum atomic E-state index is -0.455. The van der Waals surface area contributed by atoms with Gasteiger partial charge >= 0.3 is 6.09 Å². The molecule has 5 heteroatoms. The molecular formula is C21H31NO3S. The number of nitrogens with zero attached hydrogens (tertiary/aromatic N) is 1. The van der Waals surface area contributed by atoms with E-state index in [1.165, 1.54) is 36.1 Å². The molecule has 26 heavy (non-hydrogen) atoms. The first-order chi connectivity index (χ1) is 12.3. The van der Waals surface area contributed by atoms with Gasteiger partial charge in [-0.3, -0.25) is 0 Å². The van der Waals surface area contributed by atoms with Crippen LogP contribution >= 0.6 is 11.3 Å². The average Bonchev–Trinajstić information content (AvgIpc) is 3.04. The second-order valence-electron chi connectivity index (χ2n) is 9.22. The molecule has 1 aromatic rings. The van der Waals surface area contributed by atoms with Crippen LogP contribution in [0.2, 0.25) is 0 Å². The molecule has 4 atom stereocenters. The van der Waals surface area contributed by atoms with Gasteiger partial charge in [-0.05, 0) is 64.0 Å². The lowest BCUT2D eigenvalue weighted by Gasteiger charge is -2.51. The average molecular weight is 378 g/mol. The van der Waals surface area contributed by atoms with Gasteiger partial charge in [0.2, 0.25) is 0 Å². The van der Waals surface area contributed by atoms with Gasteiger partial charge in [0.15, 0.2) is 0 Å². The van der Waals surface area contributed by atoms with Crippen LogP contribution in [0.3, 0.4) is 0 Å². The minimum Gasteiger partial charge on any atom is -0.444 e. The zero-order valence-corrected chi connectivity index (χ0v) is 17.2. The van der Waals surface area contributed by atoms with Crippen LogP contribution in [0.1, 0.15) is 82.6 Å². The van der Waals surface area contributed by atoms with Crippen LogP contribution in [0, 0.1) is 0 Å². The number of piperidine rings is 1. The molecule has 1 amide bonds. The lowest BCUT2D eigenvalue weighted by Crippen LogP contribution is -2.55. The molecule has 1 aromatic heterocycles. The molecule has 1 spiro atoms. The fourth-order valence-electron chi connectivity index (χ4n) is 5.03. The van der Waals surface area contributed by atoms with E-state index in [-0.39, 0.29) is 17.7 Å². The Bertz CT molecular complexity index is 679. The van der Waals surface area contributed by atoms with Crippen molar-refractivity contribution in [1.82, 2.24) is 4.90 Å². The molecule has 3 aliphatic rings. The van der Waals surface area contributed by atoms with Gasteiger partial charge in [0.25, 0.3) is 0 Å². The first-order valence-corrected chi connectivity index (χ1v) is 10.9. The molecule has 144 valence electrons. The molecule has 4 rings (SSSR count). The van der Waals surface area contributed by atoms with Crippen LogP contribution in [0.5, 0.6) is 0 Å². The van der Waals surface area contributed by atoms with Crippen molar-refractivity contribution < 1.29 is 14.3 Å². The first-order valence-electron chi connectivity index (χ1n) is 10.0. The van der Waals surface area contributed by atoms with E-state index in [4.69, 9.17) is 9.47 Å². The maximum absolute atomic E-state index is 12.6. The van der Waals surface area contributed by atoms with Crippen LogP contribution in [0.15, 0.2) is 11.4 Å². The number of hydrogen-bond donors (Lipinski definition) is 0. The highest BCUT2D eigenvalue weighted by atomic mass is 32.1. The number of carbonyl (C=O) groups excluding carboxylic acids is 1. The van der Waals surface area contributed by atoms with Crippen LogP contribution in [0.4, 0.5) is 4.79 Å². The number of ether oxygens (including phenoxy) is 2. The Morgan fingerprint density at radius 3 is 2.85 bits per heavy atom. The van der Waals surface area contributed by atoms with E-state index >= 15 is 0 Å². The summed E-state index contributed by atoms with van der Waals surface area (Å²) in [5.41, 5.74) is 0.868. The Kier molecular flexibility index (Phi) is 4.59. The van der Waals surface area contributed by atoms with Gasteiger partial charge in [-0.15, -0.1) is 11.3 Å². The summed E-state index contributed by atoms with van der Waals surface area (Å²) in [6, 6.07) is 2.45. The van der Waals surface area contributed by atoms with Crippen LogP contribution < -0.4 is 0 Å². The van der Waals surface area contributed by atoms with E-state index in [1.54, 1.807) is 0 Å². The SMILES string of the molecule is C[C@H]1CC2(CCN1C(=O)OC(C)(C)C)OC1CCCCC1c1ccsc12. The van der Waals surface area contributed by atoms with E-state index in [0.717, 1.165) is 12.8 Å². The summed E-state index contributed by atoms with van der Waals surface area (Å²) in [4.78, 5) is 15.9. The Morgan fingerprint density at radius 2 is 2.12 bits per heavy atom. The molecule has 0 bridgehead atoms. The molecule has 1 saturated heterocycles. The molecule has 2 aliphatic heterocycles. The van der Waals surface area contributed by atoms with Crippen molar-refractivity contribution in [1.29, 1.82) is 0 Å². The maximum Gasteiger partial charge on any atom is 0.410 e. The lowest BCUT2D eigenvalue weighted by molar-refractivity contribution is -0.161. The predicted molar refractivity (Wildman–Crippen MR) is 104 cm³/mol. The highest BCUT2D eigenvalue weighted by Crippen LogP contribution is 2.54. The summed E-state index contributed by atoms with van der Waals surface area (Å²) < 4.78 is 12.4. The number of carbonyl (C=O) groups is 1. The number of thiophene rings is 1. The third-order valence-corrected chi connectivity index (χ3v) is 7.25. The van der Waals surface area contributed by atoms with Crippen molar-refractivity contribution in [2.24, 2.45) is 0 Å². The summed E-state index contributed by atoms with van der Waals surface area (Å²) in [7, 11) is 0. The summed E-state index contributed by atoms with van der Waals surface area (Å²) >= 11 is 1.85. The lowest BCUT2D eigenvalue weighted by atomic mass is 9.73. The molecule has 0 radical (unpaired) electrons. The van der Waals surface area contributed by atoms with Crippen molar-refractivity contribution in [2.75, 3.05) is 6.54 Å². The van der Waals surface area contributed by atoms with E-state index in [0.29, 0.717) is 18.6 Å². The highest BCUT2D eigenvalue weighted by Gasteiger charge is 2.51. The number of likely N-dealkylation sites (tertiary alicyclic amines) is 1. The predicted octanol–water partition coefficient (Wildman–Crippen LogP) is 5.42. The van der Waals surface area contributed by atoms with Gasteiger partial charge < -0.3 is 14.4 Å². The van der Waals surface area contributed by atoms with Crippen molar-refractivity contribution >= 4 is 17.4 Å². The van der Waals surface area contributed by atoms with Crippen molar-refractivity contribution in [2.45, 2.75) is 95.5 Å². The monoisotopic (exact) mass is 377 g/mol.